The third kappa shape index (κ3) is 4.90. The van der Waals surface area contributed by atoms with E-state index in [4.69, 9.17) is 0 Å². The molecular weight excluding hydrogens is 468 g/mol. The minimum atomic E-state index is -4.48. The van der Waals surface area contributed by atoms with Crippen LogP contribution in [0.3, 0.4) is 0 Å². The molecule has 35 heavy (non-hydrogen) atoms. The summed E-state index contributed by atoms with van der Waals surface area (Å²) in [6.07, 6.45) is 1.11. The molecule has 9 nitrogen and oxygen atoms in total. The normalized spacial score (nSPS) is 24.7. The number of hydrazine groups is 1. The lowest BCUT2D eigenvalue weighted by Crippen LogP contribution is -2.55. The number of piperidine rings is 1. The summed E-state index contributed by atoms with van der Waals surface area (Å²) in [7, 11) is 0. The molecule has 0 radical (unpaired) electrons. The van der Waals surface area contributed by atoms with Crippen LogP contribution in [-0.2, 0) is 6.18 Å². The molecule has 1 amide bonds. The van der Waals surface area contributed by atoms with Crippen LogP contribution in [0.1, 0.15) is 42.2 Å². The van der Waals surface area contributed by atoms with Gasteiger partial charge in [0.1, 0.15) is 30.2 Å². The van der Waals surface area contributed by atoms with Crippen LogP contribution in [0, 0.1) is 0 Å². The Hall–Kier alpha value is -3.35. The van der Waals surface area contributed by atoms with Crippen molar-refractivity contribution in [3.05, 3.63) is 42.0 Å². The van der Waals surface area contributed by atoms with Gasteiger partial charge in [-0.25, -0.2) is 29.8 Å². The number of aromatic nitrogens is 3. The van der Waals surface area contributed by atoms with Crippen molar-refractivity contribution in [2.45, 2.75) is 56.8 Å². The number of anilines is 2. The van der Waals surface area contributed by atoms with Gasteiger partial charge in [0.25, 0.3) is 5.91 Å². The van der Waals surface area contributed by atoms with E-state index in [9.17, 15) is 18.0 Å². The molecule has 0 bridgehead atoms. The Bertz CT molecular complexity index is 1090. The lowest BCUT2D eigenvalue weighted by molar-refractivity contribution is -0.137. The van der Waals surface area contributed by atoms with Gasteiger partial charge in [0.15, 0.2) is 5.82 Å². The fraction of sp³-hybridized carbons (Fsp3) is 0.500. The predicted molar refractivity (Wildman–Crippen MR) is 120 cm³/mol. The minimum Gasteiger partial charge on any atom is -0.354 e. The van der Waals surface area contributed by atoms with Gasteiger partial charge in [0.2, 0.25) is 0 Å². The number of rotatable bonds is 5. The molecule has 2 fully saturated rings. The number of nitrogens with zero attached hydrogens (tertiary/aromatic N) is 7. The Morgan fingerprint density at radius 1 is 1.09 bits per heavy atom. The Balaban J connectivity index is 1.27. The number of nitrogens with one attached hydrogen (secondary N) is 1. The highest BCUT2D eigenvalue weighted by Gasteiger charge is 2.44. The van der Waals surface area contributed by atoms with E-state index in [2.05, 4.69) is 25.4 Å². The number of alkyl halides is 4. The van der Waals surface area contributed by atoms with Crippen molar-refractivity contribution in [3.8, 4) is 0 Å². The number of halogens is 4. The SMILES string of the molecule is CC1N=CN(c2cnc(C(=O)N(C3CC3)[C@H]3CCN(c4ccc(C(F)(F)F)cn4)C[C@H]3F)cn2)N1. The van der Waals surface area contributed by atoms with Crippen LogP contribution in [0.25, 0.3) is 0 Å². The smallest absolute Gasteiger partial charge is 0.354 e. The fourth-order valence-corrected chi connectivity index (χ4v) is 4.34. The van der Waals surface area contributed by atoms with Crippen LogP contribution in [0.2, 0.25) is 0 Å². The summed E-state index contributed by atoms with van der Waals surface area (Å²) in [5.41, 5.74) is 2.33. The van der Waals surface area contributed by atoms with Crippen LogP contribution in [0.15, 0.2) is 35.7 Å². The maximum absolute atomic E-state index is 15.4. The quantitative estimate of drug-likeness (QED) is 0.642. The highest BCUT2D eigenvalue weighted by atomic mass is 19.4. The second kappa shape index (κ2) is 9.02. The largest absolute Gasteiger partial charge is 0.417 e. The predicted octanol–water partition coefficient (Wildman–Crippen LogP) is 2.81. The molecule has 3 aliphatic rings. The van der Waals surface area contributed by atoms with Gasteiger partial charge in [-0.3, -0.25) is 9.79 Å². The lowest BCUT2D eigenvalue weighted by atomic mass is 10.00. The molecule has 3 atom stereocenters. The molecule has 13 heteroatoms. The lowest BCUT2D eigenvalue weighted by Gasteiger charge is -2.41. The first-order chi connectivity index (χ1) is 16.7. The summed E-state index contributed by atoms with van der Waals surface area (Å²) in [6.45, 7) is 2.17. The van der Waals surface area contributed by atoms with Gasteiger partial charge in [-0.05, 0) is 38.3 Å². The van der Waals surface area contributed by atoms with Crippen molar-refractivity contribution in [2.75, 3.05) is 23.0 Å². The second-order valence-corrected chi connectivity index (χ2v) is 8.86. The van der Waals surface area contributed by atoms with Crippen LogP contribution >= 0.6 is 0 Å². The molecule has 1 saturated heterocycles. The van der Waals surface area contributed by atoms with E-state index in [0.717, 1.165) is 25.1 Å². The highest BCUT2D eigenvalue weighted by molar-refractivity contribution is 5.93. The molecule has 2 aromatic rings. The average Bonchev–Trinajstić information content (AvgIpc) is 3.58. The van der Waals surface area contributed by atoms with Gasteiger partial charge in [0, 0.05) is 18.8 Å². The van der Waals surface area contributed by atoms with E-state index in [1.165, 1.54) is 18.5 Å². The number of hydrogen-bond donors (Lipinski definition) is 1. The molecule has 2 aromatic heterocycles. The van der Waals surface area contributed by atoms with Gasteiger partial charge in [0.05, 0.1) is 30.5 Å². The van der Waals surface area contributed by atoms with Gasteiger partial charge >= 0.3 is 6.18 Å². The van der Waals surface area contributed by atoms with E-state index in [-0.39, 0.29) is 36.2 Å². The molecule has 1 N–H and O–H groups in total. The third-order valence-electron chi connectivity index (χ3n) is 6.27. The minimum absolute atomic E-state index is 0.0591. The van der Waals surface area contributed by atoms with E-state index < -0.39 is 24.0 Å². The second-order valence-electron chi connectivity index (χ2n) is 8.86. The molecule has 1 unspecified atom stereocenters. The molecule has 2 aliphatic heterocycles. The number of carbonyl (C=O) groups is 1. The zero-order valence-corrected chi connectivity index (χ0v) is 18.9. The average molecular weight is 492 g/mol. The molecular formula is C22H24F4N8O. The van der Waals surface area contributed by atoms with Crippen LogP contribution in [0.5, 0.6) is 0 Å². The van der Waals surface area contributed by atoms with Crippen molar-refractivity contribution in [1.29, 1.82) is 0 Å². The van der Waals surface area contributed by atoms with Gasteiger partial charge in [-0.15, -0.1) is 0 Å². The first kappa shape index (κ1) is 23.4. The topological polar surface area (TPSA) is 89.9 Å². The molecule has 0 spiro atoms. The van der Waals surface area contributed by atoms with Crippen molar-refractivity contribution >= 4 is 23.9 Å². The Morgan fingerprint density at radius 3 is 2.40 bits per heavy atom. The van der Waals surface area contributed by atoms with Crippen LogP contribution < -0.4 is 15.3 Å². The van der Waals surface area contributed by atoms with Crippen molar-refractivity contribution in [3.63, 3.8) is 0 Å². The van der Waals surface area contributed by atoms with E-state index in [1.807, 2.05) is 6.92 Å². The van der Waals surface area contributed by atoms with Crippen molar-refractivity contribution < 1.29 is 22.4 Å². The summed E-state index contributed by atoms with van der Waals surface area (Å²) in [4.78, 5) is 33.1. The monoisotopic (exact) mass is 492 g/mol. The van der Waals surface area contributed by atoms with Crippen LogP contribution in [-0.4, -0.2) is 69.6 Å². The van der Waals surface area contributed by atoms with Gasteiger partial charge in [-0.1, -0.05) is 0 Å². The number of aliphatic imine (C=N–C) groups is 1. The Morgan fingerprint density at radius 2 is 1.86 bits per heavy atom. The zero-order valence-electron chi connectivity index (χ0n) is 18.9. The zero-order chi connectivity index (χ0) is 24.7. The van der Waals surface area contributed by atoms with Crippen LogP contribution in [0.4, 0.5) is 29.2 Å². The standard InChI is InChI=1S/C22H24F4N8O/c1-13-30-12-33(31-13)20-10-27-17(9-29-20)21(35)34(15-3-4-15)18-6-7-32(11-16(18)23)19-5-2-14(8-28-19)22(24,25)26/h2,5,8-10,12-13,15-16,18,31H,3-4,6-7,11H2,1H3/t13?,16-,18+/m1/s1. The number of hydrogen-bond acceptors (Lipinski definition) is 8. The molecule has 4 heterocycles. The Labute approximate surface area is 198 Å². The number of pyridine rings is 1. The first-order valence-corrected chi connectivity index (χ1v) is 11.4. The summed E-state index contributed by atoms with van der Waals surface area (Å²) in [5, 5.41) is 1.60. The Kier molecular flexibility index (Phi) is 6.03. The van der Waals surface area contributed by atoms with E-state index in [0.29, 0.717) is 18.8 Å². The molecule has 1 saturated carbocycles. The summed E-state index contributed by atoms with van der Waals surface area (Å²) in [5.74, 6) is 0.378. The number of carbonyl (C=O) groups excluding carboxylic acids is 1. The summed E-state index contributed by atoms with van der Waals surface area (Å²) >= 11 is 0. The molecule has 1 aliphatic carbocycles. The molecule has 5 rings (SSSR count). The van der Waals surface area contributed by atoms with Crippen molar-refractivity contribution in [2.24, 2.45) is 4.99 Å². The van der Waals surface area contributed by atoms with E-state index >= 15 is 4.39 Å². The molecule has 0 aromatic carbocycles. The maximum Gasteiger partial charge on any atom is 0.417 e. The van der Waals surface area contributed by atoms with Crippen molar-refractivity contribution in [1.82, 2.24) is 25.3 Å². The summed E-state index contributed by atoms with van der Waals surface area (Å²) < 4.78 is 53.8. The molecule has 186 valence electrons. The highest BCUT2D eigenvalue weighted by Crippen LogP contribution is 2.35. The third-order valence-corrected chi connectivity index (χ3v) is 6.27. The maximum atomic E-state index is 15.4. The van der Waals surface area contributed by atoms with Gasteiger partial charge < -0.3 is 9.80 Å². The summed E-state index contributed by atoms with van der Waals surface area (Å²) in [6, 6.07) is 1.47. The first-order valence-electron chi connectivity index (χ1n) is 11.4. The fourth-order valence-electron chi connectivity index (χ4n) is 4.34. The number of amides is 1. The van der Waals surface area contributed by atoms with E-state index in [1.54, 1.807) is 21.1 Å². The van der Waals surface area contributed by atoms with Gasteiger partial charge in [-0.2, -0.15) is 13.2 Å².